The van der Waals surface area contributed by atoms with Gasteiger partial charge in [-0.25, -0.2) is 19.0 Å². The average molecular weight is 339 g/mol. The van der Waals surface area contributed by atoms with Crippen LogP contribution in [0.1, 0.15) is 18.5 Å². The smallest absolute Gasteiger partial charge is 0.271 e. The molecule has 6 nitrogen and oxygen atoms in total. The van der Waals surface area contributed by atoms with Crippen LogP contribution >= 0.6 is 0 Å². The number of aryl methyl sites for hydroxylation is 1. The summed E-state index contributed by atoms with van der Waals surface area (Å²) < 4.78 is 14.5. The highest BCUT2D eigenvalue weighted by Gasteiger charge is 2.17. The first-order valence-corrected chi connectivity index (χ1v) is 8.29. The largest absolute Gasteiger partial charge is 0.341 e. The SMILES string of the molecule is Cc1nc(N2CCCC2)ncc1-c1cc(=O)n(-c2ccc(F)cc2)[nH]1. The van der Waals surface area contributed by atoms with Gasteiger partial charge in [0.25, 0.3) is 5.56 Å². The van der Waals surface area contributed by atoms with Gasteiger partial charge in [-0.1, -0.05) is 0 Å². The quantitative estimate of drug-likeness (QED) is 0.797. The molecule has 1 saturated heterocycles. The lowest BCUT2D eigenvalue weighted by molar-refractivity contribution is 0.627. The monoisotopic (exact) mass is 339 g/mol. The predicted octanol–water partition coefficient (Wildman–Crippen LogP) is 2.67. The minimum absolute atomic E-state index is 0.218. The molecule has 3 aromatic rings. The van der Waals surface area contributed by atoms with Gasteiger partial charge < -0.3 is 4.90 Å². The van der Waals surface area contributed by atoms with E-state index in [1.54, 1.807) is 18.3 Å². The molecule has 25 heavy (non-hydrogen) atoms. The number of aromatic nitrogens is 4. The van der Waals surface area contributed by atoms with Gasteiger partial charge in [0, 0.05) is 30.9 Å². The van der Waals surface area contributed by atoms with Crippen LogP contribution < -0.4 is 10.5 Å². The van der Waals surface area contributed by atoms with E-state index in [9.17, 15) is 9.18 Å². The first-order chi connectivity index (χ1) is 12.1. The fourth-order valence-corrected chi connectivity index (χ4v) is 3.10. The molecule has 0 unspecified atom stereocenters. The molecular weight excluding hydrogens is 321 g/mol. The second-order valence-corrected chi connectivity index (χ2v) is 6.18. The van der Waals surface area contributed by atoms with Crippen LogP contribution in [-0.2, 0) is 0 Å². The summed E-state index contributed by atoms with van der Waals surface area (Å²) >= 11 is 0. The zero-order chi connectivity index (χ0) is 17.4. The molecule has 4 rings (SSSR count). The maximum Gasteiger partial charge on any atom is 0.271 e. The van der Waals surface area contributed by atoms with Crippen LogP contribution in [0.3, 0.4) is 0 Å². The standard InChI is InChI=1S/C18H18FN5O/c1-12-15(11-20-18(21-12)23-8-2-3-9-23)16-10-17(25)24(22-16)14-6-4-13(19)5-7-14/h4-7,10-11,22H,2-3,8-9H2,1H3. The summed E-state index contributed by atoms with van der Waals surface area (Å²) in [7, 11) is 0. The van der Waals surface area contributed by atoms with Crippen LogP contribution in [-0.4, -0.2) is 32.8 Å². The van der Waals surface area contributed by atoms with Crippen molar-refractivity contribution < 1.29 is 4.39 Å². The third kappa shape index (κ3) is 2.93. The summed E-state index contributed by atoms with van der Waals surface area (Å²) in [4.78, 5) is 23.5. The lowest BCUT2D eigenvalue weighted by Crippen LogP contribution is -2.20. The van der Waals surface area contributed by atoms with Gasteiger partial charge in [0.15, 0.2) is 0 Å². The van der Waals surface area contributed by atoms with Crippen LogP contribution in [0.2, 0.25) is 0 Å². The molecule has 0 aliphatic carbocycles. The van der Waals surface area contributed by atoms with E-state index in [0.717, 1.165) is 43.1 Å². The molecule has 1 N–H and O–H groups in total. The van der Waals surface area contributed by atoms with Gasteiger partial charge in [-0.15, -0.1) is 0 Å². The molecule has 128 valence electrons. The topological polar surface area (TPSA) is 66.8 Å². The van der Waals surface area contributed by atoms with Gasteiger partial charge in [-0.05, 0) is 44.0 Å². The van der Waals surface area contributed by atoms with Crippen molar-refractivity contribution in [2.24, 2.45) is 0 Å². The van der Waals surface area contributed by atoms with E-state index in [4.69, 9.17) is 0 Å². The Balaban J connectivity index is 1.69. The van der Waals surface area contributed by atoms with Gasteiger partial charge in [0.1, 0.15) is 5.82 Å². The number of halogens is 1. The fraction of sp³-hybridized carbons (Fsp3) is 0.278. The van der Waals surface area contributed by atoms with Gasteiger partial charge in [-0.2, -0.15) is 0 Å². The number of hydrogen-bond acceptors (Lipinski definition) is 4. The molecule has 7 heteroatoms. The molecule has 1 aromatic carbocycles. The van der Waals surface area contributed by atoms with E-state index in [1.165, 1.54) is 22.9 Å². The van der Waals surface area contributed by atoms with Gasteiger partial charge in [0.2, 0.25) is 5.95 Å². The number of H-pyrrole nitrogens is 1. The number of rotatable bonds is 3. The minimum atomic E-state index is -0.342. The third-order valence-electron chi connectivity index (χ3n) is 4.45. The van der Waals surface area contributed by atoms with Crippen molar-refractivity contribution in [1.29, 1.82) is 0 Å². The zero-order valence-corrected chi connectivity index (χ0v) is 13.9. The van der Waals surface area contributed by atoms with Crippen molar-refractivity contribution in [1.82, 2.24) is 19.7 Å². The van der Waals surface area contributed by atoms with E-state index in [2.05, 4.69) is 20.0 Å². The fourth-order valence-electron chi connectivity index (χ4n) is 3.10. The van der Waals surface area contributed by atoms with Crippen LogP contribution in [0, 0.1) is 12.7 Å². The molecule has 1 aliphatic rings. The summed E-state index contributed by atoms with van der Waals surface area (Å²) in [5.41, 5.74) is 2.58. The van der Waals surface area contributed by atoms with E-state index >= 15 is 0 Å². The molecular formula is C18H18FN5O. The number of nitrogens with zero attached hydrogens (tertiary/aromatic N) is 4. The van der Waals surface area contributed by atoms with Gasteiger partial charge in [0.05, 0.1) is 17.1 Å². The van der Waals surface area contributed by atoms with E-state index < -0.39 is 0 Å². The number of anilines is 1. The summed E-state index contributed by atoms with van der Waals surface area (Å²) in [6.45, 7) is 3.87. The highest BCUT2D eigenvalue weighted by molar-refractivity contribution is 5.61. The summed E-state index contributed by atoms with van der Waals surface area (Å²) in [5, 5.41) is 3.05. The Morgan fingerprint density at radius 3 is 2.56 bits per heavy atom. The molecule has 0 saturated carbocycles. The average Bonchev–Trinajstić information content (AvgIpc) is 3.25. The van der Waals surface area contributed by atoms with Crippen molar-refractivity contribution in [2.45, 2.75) is 19.8 Å². The molecule has 2 aromatic heterocycles. The number of nitrogens with one attached hydrogen (secondary N) is 1. The zero-order valence-electron chi connectivity index (χ0n) is 13.9. The highest BCUT2D eigenvalue weighted by atomic mass is 19.1. The molecule has 1 fully saturated rings. The van der Waals surface area contributed by atoms with Crippen molar-refractivity contribution in [3.05, 3.63) is 58.4 Å². The van der Waals surface area contributed by atoms with Crippen LogP contribution in [0.25, 0.3) is 16.9 Å². The normalized spacial score (nSPS) is 14.2. The molecule has 3 heterocycles. The second kappa shape index (κ2) is 6.16. The Hall–Kier alpha value is -2.96. The van der Waals surface area contributed by atoms with E-state index in [0.29, 0.717) is 11.4 Å². The predicted molar refractivity (Wildman–Crippen MR) is 93.6 cm³/mol. The Morgan fingerprint density at radius 1 is 1.16 bits per heavy atom. The molecule has 0 spiro atoms. The molecule has 0 bridgehead atoms. The van der Waals surface area contributed by atoms with Crippen molar-refractivity contribution in [3.63, 3.8) is 0 Å². The molecule has 1 aliphatic heterocycles. The number of aromatic amines is 1. The second-order valence-electron chi connectivity index (χ2n) is 6.18. The van der Waals surface area contributed by atoms with E-state index in [1.807, 2.05) is 6.92 Å². The Kier molecular flexibility index (Phi) is 3.83. The molecule has 0 radical (unpaired) electrons. The molecule has 0 atom stereocenters. The first-order valence-electron chi connectivity index (χ1n) is 8.29. The number of hydrogen-bond donors (Lipinski definition) is 1. The summed E-state index contributed by atoms with van der Waals surface area (Å²) in [6.07, 6.45) is 4.08. The van der Waals surface area contributed by atoms with Crippen LogP contribution in [0.5, 0.6) is 0 Å². The Labute approximate surface area is 143 Å². The summed E-state index contributed by atoms with van der Waals surface area (Å²) in [5.74, 6) is 0.393. The first kappa shape index (κ1) is 15.6. The number of benzene rings is 1. The van der Waals surface area contributed by atoms with Crippen LogP contribution in [0.15, 0.2) is 41.3 Å². The lowest BCUT2D eigenvalue weighted by atomic mass is 10.2. The Morgan fingerprint density at radius 2 is 1.88 bits per heavy atom. The van der Waals surface area contributed by atoms with Crippen LogP contribution in [0.4, 0.5) is 10.3 Å². The van der Waals surface area contributed by atoms with E-state index in [-0.39, 0.29) is 11.4 Å². The third-order valence-corrected chi connectivity index (χ3v) is 4.45. The Bertz CT molecular complexity index is 954. The lowest BCUT2D eigenvalue weighted by Gasteiger charge is -2.16. The van der Waals surface area contributed by atoms with Crippen molar-refractivity contribution in [3.8, 4) is 16.9 Å². The maximum absolute atomic E-state index is 13.1. The maximum atomic E-state index is 13.1. The minimum Gasteiger partial charge on any atom is -0.341 e. The summed E-state index contributed by atoms with van der Waals surface area (Å²) in [6, 6.07) is 7.25. The van der Waals surface area contributed by atoms with Gasteiger partial charge in [-0.3, -0.25) is 9.89 Å². The van der Waals surface area contributed by atoms with Gasteiger partial charge >= 0.3 is 0 Å². The molecule has 0 amide bonds. The van der Waals surface area contributed by atoms with Crippen molar-refractivity contribution in [2.75, 3.05) is 18.0 Å². The highest BCUT2D eigenvalue weighted by Crippen LogP contribution is 2.22. The van der Waals surface area contributed by atoms with Crippen molar-refractivity contribution >= 4 is 5.95 Å².